The van der Waals surface area contributed by atoms with E-state index >= 15 is 0 Å². The van der Waals surface area contributed by atoms with Crippen LogP contribution in [0.25, 0.3) is 21.5 Å². The van der Waals surface area contributed by atoms with Crippen LogP contribution in [0.2, 0.25) is 0 Å². The van der Waals surface area contributed by atoms with Crippen molar-refractivity contribution in [1.82, 2.24) is 0 Å². The van der Waals surface area contributed by atoms with Gasteiger partial charge < -0.3 is 0 Å². The second kappa shape index (κ2) is 5.85. The molecule has 3 aromatic carbocycles. The Balaban J connectivity index is 0.00000147. The van der Waals surface area contributed by atoms with Crippen molar-refractivity contribution in [3.8, 4) is 0 Å². The molecule has 0 bridgehead atoms. The minimum absolute atomic E-state index is 0. The van der Waals surface area contributed by atoms with E-state index in [2.05, 4.69) is 0 Å². The molecule has 0 aliphatic rings. The average molecular weight is 311 g/mol. The van der Waals surface area contributed by atoms with Crippen molar-refractivity contribution in [1.29, 1.82) is 0 Å². The fourth-order valence-electron chi connectivity index (χ4n) is 2.44. The Labute approximate surface area is 160 Å². The van der Waals surface area contributed by atoms with Crippen LogP contribution in [0.4, 0.5) is 0 Å². The van der Waals surface area contributed by atoms with Crippen LogP contribution < -0.4 is 0 Å². The molecule has 0 heterocycles. The van der Waals surface area contributed by atoms with Gasteiger partial charge in [0.1, 0.15) is 4.90 Å². The summed E-state index contributed by atoms with van der Waals surface area (Å²) in [5.41, 5.74) is 0.547. The first-order chi connectivity index (χ1) is 8.97. The maximum atomic E-state index is 11.6. The van der Waals surface area contributed by atoms with Gasteiger partial charge in [0.05, 0.1) is 0 Å². The van der Waals surface area contributed by atoms with Crippen LogP contribution in [0.1, 0.15) is 5.56 Å². The standard InChI is InChI=1S/C15H12O3S.K/c1-10-6-7-13-8-11-4-2-3-5-12(11)9-14(13)15(10)19(16,17)18;/h2-9H,1H3,(H,16,17,18);. The Morgan fingerprint density at radius 1 is 0.900 bits per heavy atom. The van der Waals surface area contributed by atoms with Crippen molar-refractivity contribution in [3.63, 3.8) is 0 Å². The summed E-state index contributed by atoms with van der Waals surface area (Å²) in [5, 5.41) is 3.35. The van der Waals surface area contributed by atoms with Gasteiger partial charge in [0.2, 0.25) is 0 Å². The molecule has 0 aromatic heterocycles. The van der Waals surface area contributed by atoms with Crippen LogP contribution >= 0.6 is 0 Å². The molecule has 0 aliphatic heterocycles. The molecular weight excluding hydrogens is 299 g/mol. The molecule has 0 spiro atoms. The van der Waals surface area contributed by atoms with Crippen LogP contribution in [-0.2, 0) is 10.1 Å². The van der Waals surface area contributed by atoms with Gasteiger partial charge >= 0.3 is 0 Å². The molecule has 1 radical (unpaired) electrons. The van der Waals surface area contributed by atoms with E-state index in [9.17, 15) is 13.0 Å². The zero-order chi connectivity index (χ0) is 13.6. The van der Waals surface area contributed by atoms with Gasteiger partial charge in [-0.3, -0.25) is 4.55 Å². The predicted octanol–water partition coefficient (Wildman–Crippen LogP) is 3.17. The summed E-state index contributed by atoms with van der Waals surface area (Å²) >= 11 is 0. The fraction of sp³-hybridized carbons (Fsp3) is 0.0667. The summed E-state index contributed by atoms with van der Waals surface area (Å²) in [7, 11) is -4.23. The average Bonchev–Trinajstić information content (AvgIpc) is 2.34. The van der Waals surface area contributed by atoms with Crippen LogP contribution in [0.3, 0.4) is 0 Å². The number of hydrogen-bond acceptors (Lipinski definition) is 2. The van der Waals surface area contributed by atoms with Gasteiger partial charge in [-0.15, -0.1) is 0 Å². The van der Waals surface area contributed by atoms with Gasteiger partial charge in [-0.05, 0) is 40.8 Å². The summed E-state index contributed by atoms with van der Waals surface area (Å²) in [6.07, 6.45) is 0. The van der Waals surface area contributed by atoms with E-state index in [1.165, 1.54) is 0 Å². The molecule has 0 atom stereocenters. The zero-order valence-corrected chi connectivity index (χ0v) is 15.2. The molecule has 3 rings (SSSR count). The Morgan fingerprint density at radius 3 is 2.10 bits per heavy atom. The van der Waals surface area contributed by atoms with E-state index in [1.807, 2.05) is 36.4 Å². The monoisotopic (exact) mass is 311 g/mol. The van der Waals surface area contributed by atoms with E-state index in [0.29, 0.717) is 10.9 Å². The fourth-order valence-corrected chi connectivity index (χ4v) is 3.37. The van der Waals surface area contributed by atoms with E-state index < -0.39 is 10.1 Å². The topological polar surface area (TPSA) is 54.4 Å². The third-order valence-electron chi connectivity index (χ3n) is 3.29. The second-order valence-corrected chi connectivity index (χ2v) is 5.97. The molecule has 0 unspecified atom stereocenters. The van der Waals surface area contributed by atoms with E-state index in [0.717, 1.165) is 16.2 Å². The van der Waals surface area contributed by atoms with Gasteiger partial charge in [-0.25, -0.2) is 0 Å². The second-order valence-electron chi connectivity index (χ2n) is 4.61. The number of hydrogen-bond donors (Lipinski definition) is 1. The number of rotatable bonds is 1. The maximum absolute atomic E-state index is 11.6. The largest absolute Gasteiger partial charge is 0.295 e. The first kappa shape index (κ1) is 16.1. The molecule has 97 valence electrons. The molecule has 0 amide bonds. The maximum Gasteiger partial charge on any atom is 0.295 e. The van der Waals surface area contributed by atoms with Crippen molar-refractivity contribution in [3.05, 3.63) is 54.1 Å². The molecule has 0 saturated heterocycles. The van der Waals surface area contributed by atoms with Gasteiger partial charge in [-0.2, -0.15) is 8.42 Å². The summed E-state index contributed by atoms with van der Waals surface area (Å²) in [5.74, 6) is 0. The first-order valence-corrected chi connectivity index (χ1v) is 7.30. The van der Waals surface area contributed by atoms with Crippen molar-refractivity contribution in [2.75, 3.05) is 0 Å². The molecule has 5 heteroatoms. The molecule has 3 aromatic rings. The minimum Gasteiger partial charge on any atom is -0.282 e. The Hall–Kier alpha value is -0.274. The van der Waals surface area contributed by atoms with Gasteiger partial charge in [0.25, 0.3) is 10.1 Å². The smallest absolute Gasteiger partial charge is 0.282 e. The molecular formula is C15H12KO3S. The third kappa shape index (κ3) is 2.85. The Bertz CT molecular complexity index is 902. The molecule has 1 N–H and O–H groups in total. The van der Waals surface area contributed by atoms with Crippen molar-refractivity contribution in [2.45, 2.75) is 11.8 Å². The van der Waals surface area contributed by atoms with Crippen LogP contribution in [0, 0.1) is 6.92 Å². The minimum atomic E-state index is -4.23. The summed E-state index contributed by atoms with van der Waals surface area (Å²) in [4.78, 5) is -0.00393. The van der Waals surface area contributed by atoms with Crippen molar-refractivity contribution in [2.24, 2.45) is 0 Å². The SMILES string of the molecule is Cc1ccc2cc3ccccc3cc2c1S(=O)(=O)O.[K]. The van der Waals surface area contributed by atoms with E-state index in [-0.39, 0.29) is 56.3 Å². The third-order valence-corrected chi connectivity index (χ3v) is 4.35. The quantitative estimate of drug-likeness (QED) is 0.427. The van der Waals surface area contributed by atoms with E-state index in [4.69, 9.17) is 0 Å². The molecule has 0 fully saturated rings. The summed E-state index contributed by atoms with van der Waals surface area (Å²) < 4.78 is 32.5. The van der Waals surface area contributed by atoms with Crippen LogP contribution in [0.5, 0.6) is 0 Å². The van der Waals surface area contributed by atoms with Crippen LogP contribution in [0.15, 0.2) is 53.4 Å². The normalized spacial score (nSPS) is 11.5. The van der Waals surface area contributed by atoms with Crippen molar-refractivity contribution < 1.29 is 13.0 Å². The Morgan fingerprint density at radius 2 is 1.50 bits per heavy atom. The van der Waals surface area contributed by atoms with Gasteiger partial charge in [-0.1, -0.05) is 36.4 Å². The van der Waals surface area contributed by atoms with Crippen molar-refractivity contribution >= 4 is 83.0 Å². The zero-order valence-electron chi connectivity index (χ0n) is 11.3. The molecule has 3 nitrogen and oxygen atoms in total. The number of benzene rings is 3. The molecule has 20 heavy (non-hydrogen) atoms. The van der Waals surface area contributed by atoms with Gasteiger partial charge in [0.15, 0.2) is 0 Å². The predicted molar refractivity (Wildman–Crippen MR) is 81.8 cm³/mol. The summed E-state index contributed by atoms with van der Waals surface area (Å²) in [6, 6.07) is 15.0. The molecule has 0 aliphatic carbocycles. The summed E-state index contributed by atoms with van der Waals surface area (Å²) in [6.45, 7) is 1.68. The number of fused-ring (bicyclic) bond motifs is 2. The first-order valence-electron chi connectivity index (χ1n) is 5.86. The molecule has 0 saturated carbocycles. The van der Waals surface area contributed by atoms with Gasteiger partial charge in [0, 0.05) is 56.8 Å². The number of aryl methyl sites for hydroxylation is 1. The van der Waals surface area contributed by atoms with E-state index in [1.54, 1.807) is 19.1 Å². The Kier molecular flexibility index (Phi) is 4.71. The van der Waals surface area contributed by atoms with Crippen LogP contribution in [-0.4, -0.2) is 64.4 Å².